The van der Waals surface area contributed by atoms with E-state index in [0.717, 1.165) is 47.0 Å². The second-order valence-corrected chi connectivity index (χ2v) is 18.7. The Morgan fingerprint density at radius 2 is 1.63 bits per heavy atom. The molecule has 4 unspecified atom stereocenters. The summed E-state index contributed by atoms with van der Waals surface area (Å²) in [6.45, 7) is 0. The molecule has 0 saturated carbocycles. The smallest absolute Gasteiger partial charge is 0.129 e. The minimum atomic E-state index is -0.0123. The fourth-order valence-electron chi connectivity index (χ4n) is 10.1. The van der Waals surface area contributed by atoms with E-state index in [1.54, 1.807) is 0 Å². The number of fused-ring (bicyclic) bond motifs is 6. The molecule has 0 bridgehead atoms. The van der Waals surface area contributed by atoms with Gasteiger partial charge in [-0.15, -0.1) is 11.3 Å². The van der Waals surface area contributed by atoms with Crippen molar-refractivity contribution in [2.75, 3.05) is 4.90 Å². The lowest BCUT2D eigenvalue weighted by Crippen LogP contribution is -2.39. The molecule has 4 aliphatic carbocycles. The third kappa shape index (κ3) is 6.36. The van der Waals surface area contributed by atoms with Crippen LogP contribution in [0.5, 0.6) is 5.75 Å². The quantitative estimate of drug-likeness (QED) is 0.0981. The molecule has 59 heavy (non-hydrogen) atoms. The first-order valence-corrected chi connectivity index (χ1v) is 23.2. The highest BCUT2D eigenvalue weighted by Gasteiger charge is 2.34. The lowest BCUT2D eigenvalue weighted by Gasteiger charge is -2.40. The SMILES string of the molecule is Oc1c(C2C=CC=C(N(c3ccc(-c4cccc5c4sc4ccccc45)cc3)C3C=CC(C4C=CCCC4)=CC3)C2I)ccc2c1c1c(n2-c2ccccc2)CCC=C1. The normalized spacial score (nSPS) is 21.2. The lowest BCUT2D eigenvalue weighted by molar-refractivity contribution is 0.472. The van der Waals surface area contributed by atoms with Gasteiger partial charge in [-0.2, -0.15) is 0 Å². The maximum atomic E-state index is 12.4. The number of phenols is 1. The van der Waals surface area contributed by atoms with Crippen molar-refractivity contribution in [3.63, 3.8) is 0 Å². The summed E-state index contributed by atoms with van der Waals surface area (Å²) in [5.74, 6) is 0.898. The number of benzene rings is 5. The molecule has 0 aliphatic heterocycles. The van der Waals surface area contributed by atoms with Gasteiger partial charge in [0.2, 0.25) is 0 Å². The number of aromatic nitrogens is 1. The van der Waals surface area contributed by atoms with Gasteiger partial charge >= 0.3 is 0 Å². The predicted octanol–water partition coefficient (Wildman–Crippen LogP) is 14.8. The van der Waals surface area contributed by atoms with Crippen LogP contribution >= 0.6 is 33.9 Å². The number of alkyl halides is 1. The summed E-state index contributed by atoms with van der Waals surface area (Å²) >= 11 is 4.54. The number of thiophene rings is 1. The number of hydrogen-bond acceptors (Lipinski definition) is 3. The van der Waals surface area contributed by atoms with E-state index in [9.17, 15) is 5.11 Å². The minimum Gasteiger partial charge on any atom is -0.507 e. The predicted molar refractivity (Wildman–Crippen MR) is 259 cm³/mol. The Labute approximate surface area is 363 Å². The van der Waals surface area contributed by atoms with Crippen molar-refractivity contribution in [1.29, 1.82) is 0 Å². The fraction of sp³-hybridized carbons (Fsp3) is 0.185. The van der Waals surface area contributed by atoms with Crippen LogP contribution < -0.4 is 4.90 Å². The standard InChI is InChI=1S/C54H45IN2OS/c55-52-43(44-33-34-48-51(53(44)58)46-18-7-9-22-47(46)57(48)38-15-5-2-6-16-38)20-12-23-49(52)56(39-29-25-36(26-30-39)35-13-3-1-4-14-35)40-31-27-37(28-32-40)41-19-11-21-45-42-17-8-10-24-50(42)59-54(41)45/h2-3,5-8,10-13,15-21,23-29,31-35,39,43,52,58H,1,4,9,14,22,30H2. The van der Waals surface area contributed by atoms with Gasteiger partial charge in [-0.3, -0.25) is 0 Å². The first kappa shape index (κ1) is 36.7. The van der Waals surface area contributed by atoms with Crippen LogP contribution in [0.1, 0.15) is 54.8 Å². The number of allylic oxidation sites excluding steroid dienone is 9. The average molecular weight is 897 g/mol. The Bertz CT molecular complexity index is 2940. The van der Waals surface area contributed by atoms with E-state index < -0.39 is 0 Å². The molecule has 3 nitrogen and oxygen atoms in total. The van der Waals surface area contributed by atoms with Gasteiger partial charge in [0, 0.05) is 71.3 Å². The monoisotopic (exact) mass is 896 g/mol. The van der Waals surface area contributed by atoms with Crippen LogP contribution in [0.2, 0.25) is 0 Å². The van der Waals surface area contributed by atoms with E-state index in [-0.39, 0.29) is 15.9 Å². The van der Waals surface area contributed by atoms with Gasteiger partial charge in [0.05, 0.1) is 15.5 Å². The first-order chi connectivity index (χ1) is 29.1. The second-order valence-electron chi connectivity index (χ2n) is 16.3. The van der Waals surface area contributed by atoms with Crippen molar-refractivity contribution >= 4 is 76.8 Å². The molecule has 0 spiro atoms. The summed E-state index contributed by atoms with van der Waals surface area (Å²) in [6, 6.07) is 39.9. The highest BCUT2D eigenvalue weighted by molar-refractivity contribution is 14.1. The van der Waals surface area contributed by atoms with Crippen molar-refractivity contribution in [3.8, 4) is 22.6 Å². The topological polar surface area (TPSA) is 28.4 Å². The molecule has 5 aromatic carbocycles. The van der Waals surface area contributed by atoms with Gasteiger partial charge in [-0.05, 0) is 97.7 Å². The molecule has 0 fully saturated rings. The molecule has 2 aromatic heterocycles. The molecule has 1 N–H and O–H groups in total. The molecule has 5 heteroatoms. The Hall–Kier alpha value is -5.37. The average Bonchev–Trinajstić information content (AvgIpc) is 3.85. The molecular formula is C54H45IN2OS. The van der Waals surface area contributed by atoms with Gasteiger partial charge in [0.1, 0.15) is 5.75 Å². The summed E-state index contributed by atoms with van der Waals surface area (Å²) in [7, 11) is 0. The zero-order valence-corrected chi connectivity index (χ0v) is 35.8. The number of hydrogen-bond donors (Lipinski definition) is 1. The maximum absolute atomic E-state index is 12.4. The fourth-order valence-corrected chi connectivity index (χ4v) is 12.4. The number of halogens is 1. The van der Waals surface area contributed by atoms with Crippen LogP contribution in [0.15, 0.2) is 175 Å². The lowest BCUT2D eigenvalue weighted by atomic mass is 9.84. The van der Waals surface area contributed by atoms with Gasteiger partial charge in [-0.1, -0.05) is 150 Å². The second kappa shape index (κ2) is 15.3. The van der Waals surface area contributed by atoms with Crippen molar-refractivity contribution in [3.05, 3.63) is 192 Å². The van der Waals surface area contributed by atoms with Crippen LogP contribution in [0, 0.1) is 5.92 Å². The van der Waals surface area contributed by atoms with E-state index in [2.05, 4.69) is 202 Å². The molecule has 11 rings (SSSR count). The summed E-state index contributed by atoms with van der Waals surface area (Å²) in [4.78, 5) is 2.57. The van der Waals surface area contributed by atoms with Crippen LogP contribution in [0.4, 0.5) is 5.69 Å². The molecule has 290 valence electrons. The van der Waals surface area contributed by atoms with E-state index in [4.69, 9.17) is 0 Å². The van der Waals surface area contributed by atoms with Crippen molar-refractivity contribution in [2.45, 2.75) is 54.4 Å². The van der Waals surface area contributed by atoms with Crippen LogP contribution in [0.25, 0.3) is 54.0 Å². The van der Waals surface area contributed by atoms with Crippen LogP contribution in [-0.2, 0) is 6.42 Å². The molecular weight excluding hydrogens is 852 g/mol. The molecule has 0 radical (unpaired) electrons. The Kier molecular flexibility index (Phi) is 9.54. The molecule has 0 amide bonds. The van der Waals surface area contributed by atoms with Crippen molar-refractivity contribution < 1.29 is 5.11 Å². The molecule has 2 heterocycles. The summed E-state index contributed by atoms with van der Waals surface area (Å²) < 4.78 is 5.10. The maximum Gasteiger partial charge on any atom is 0.129 e. The molecule has 4 atom stereocenters. The number of rotatable bonds is 7. The zero-order valence-electron chi connectivity index (χ0n) is 32.8. The third-order valence-corrected chi connectivity index (χ3v) is 15.6. The zero-order chi connectivity index (χ0) is 39.5. The number of aromatic hydroxyl groups is 1. The van der Waals surface area contributed by atoms with Gasteiger partial charge < -0.3 is 14.6 Å². The molecule has 0 saturated heterocycles. The van der Waals surface area contributed by atoms with Crippen LogP contribution in [-0.4, -0.2) is 19.6 Å². The van der Waals surface area contributed by atoms with E-state index >= 15 is 0 Å². The molecule has 7 aromatic rings. The van der Waals surface area contributed by atoms with E-state index in [1.165, 1.54) is 73.2 Å². The number of para-hydroxylation sites is 1. The summed E-state index contributed by atoms with van der Waals surface area (Å²) in [5, 5.41) is 16.0. The van der Waals surface area contributed by atoms with Gasteiger partial charge in [-0.25, -0.2) is 0 Å². The first-order valence-electron chi connectivity index (χ1n) is 21.1. The van der Waals surface area contributed by atoms with Crippen molar-refractivity contribution in [1.82, 2.24) is 4.57 Å². The third-order valence-electron chi connectivity index (χ3n) is 12.9. The van der Waals surface area contributed by atoms with Gasteiger partial charge in [0.25, 0.3) is 0 Å². The highest BCUT2D eigenvalue weighted by Crippen LogP contribution is 2.48. The summed E-state index contributed by atoms with van der Waals surface area (Å²) in [5.41, 5.74) is 12.0. The Morgan fingerprint density at radius 1 is 0.780 bits per heavy atom. The Balaban J connectivity index is 0.974. The largest absolute Gasteiger partial charge is 0.507 e. The number of nitrogens with zero attached hydrogens (tertiary/aromatic N) is 2. The van der Waals surface area contributed by atoms with Crippen molar-refractivity contribution in [2.24, 2.45) is 5.92 Å². The molecule has 4 aliphatic rings. The van der Waals surface area contributed by atoms with Crippen LogP contribution in [0.3, 0.4) is 0 Å². The number of anilines is 1. The Morgan fingerprint density at radius 3 is 2.46 bits per heavy atom. The minimum absolute atomic E-state index is 0.0123. The van der Waals surface area contributed by atoms with Gasteiger partial charge in [0.15, 0.2) is 0 Å². The highest BCUT2D eigenvalue weighted by atomic mass is 127. The summed E-state index contributed by atoms with van der Waals surface area (Å²) in [6.07, 6.45) is 29.9. The number of phenolic OH excluding ortho intramolecular Hbond substituents is 1. The van der Waals surface area contributed by atoms with E-state index in [0.29, 0.717) is 11.7 Å². The van der Waals surface area contributed by atoms with E-state index in [1.807, 2.05) is 11.3 Å².